The predicted octanol–water partition coefficient (Wildman–Crippen LogP) is 5.06. The molecule has 1 aromatic heterocycles. The number of carbonyl (C=O) groups is 1. The lowest BCUT2D eigenvalue weighted by molar-refractivity contribution is 0.0695. The van der Waals surface area contributed by atoms with Gasteiger partial charge in [0, 0.05) is 34.3 Å². The average molecular weight is 402 g/mol. The number of aromatic nitrogens is 2. The maximum atomic E-state index is 12.8. The van der Waals surface area contributed by atoms with Crippen molar-refractivity contribution in [3.63, 3.8) is 0 Å². The zero-order valence-corrected chi connectivity index (χ0v) is 16.0. The third-order valence-electron chi connectivity index (χ3n) is 4.67. The molecule has 0 spiro atoms. The molecular weight excluding hydrogens is 385 g/mol. The van der Waals surface area contributed by atoms with Gasteiger partial charge in [0.25, 0.3) is 5.91 Å². The van der Waals surface area contributed by atoms with E-state index in [-0.39, 0.29) is 11.8 Å². The summed E-state index contributed by atoms with van der Waals surface area (Å²) in [6, 6.07) is 14.3. The van der Waals surface area contributed by atoms with E-state index in [0.717, 1.165) is 18.4 Å². The molecule has 0 N–H and O–H groups in total. The molecule has 0 saturated carbocycles. The minimum absolute atomic E-state index is 0.00838. The first-order chi connectivity index (χ1) is 13.1. The molecule has 27 heavy (non-hydrogen) atoms. The Kier molecular flexibility index (Phi) is 5.14. The fraction of sp³-hybridized carbons (Fsp3) is 0.250. The van der Waals surface area contributed by atoms with Crippen LogP contribution < -0.4 is 0 Å². The van der Waals surface area contributed by atoms with Crippen molar-refractivity contribution < 1.29 is 9.32 Å². The summed E-state index contributed by atoms with van der Waals surface area (Å²) < 4.78 is 5.49. The Morgan fingerprint density at radius 2 is 1.93 bits per heavy atom. The zero-order chi connectivity index (χ0) is 18.8. The van der Waals surface area contributed by atoms with Crippen molar-refractivity contribution in [2.75, 3.05) is 13.1 Å². The van der Waals surface area contributed by atoms with Gasteiger partial charge in [-0.1, -0.05) is 40.5 Å². The van der Waals surface area contributed by atoms with E-state index >= 15 is 0 Å². The molecule has 5 nitrogen and oxygen atoms in total. The normalized spacial score (nSPS) is 17.1. The summed E-state index contributed by atoms with van der Waals surface area (Å²) in [7, 11) is 0. The van der Waals surface area contributed by atoms with Gasteiger partial charge in [-0.2, -0.15) is 4.98 Å². The molecule has 2 heterocycles. The Bertz CT molecular complexity index is 956. The van der Waals surface area contributed by atoms with E-state index < -0.39 is 0 Å². The number of rotatable bonds is 3. The van der Waals surface area contributed by atoms with Crippen LogP contribution in [0.3, 0.4) is 0 Å². The van der Waals surface area contributed by atoms with Gasteiger partial charge in [0.15, 0.2) is 0 Å². The van der Waals surface area contributed by atoms with Crippen LogP contribution in [-0.2, 0) is 0 Å². The number of halogens is 2. The van der Waals surface area contributed by atoms with Gasteiger partial charge < -0.3 is 9.42 Å². The highest BCUT2D eigenvalue weighted by atomic mass is 35.5. The van der Waals surface area contributed by atoms with E-state index in [1.807, 2.05) is 17.0 Å². The van der Waals surface area contributed by atoms with Crippen LogP contribution in [0, 0.1) is 0 Å². The van der Waals surface area contributed by atoms with Gasteiger partial charge in [-0.05, 0) is 49.2 Å². The van der Waals surface area contributed by atoms with E-state index in [0.29, 0.717) is 40.4 Å². The summed E-state index contributed by atoms with van der Waals surface area (Å²) in [6.07, 6.45) is 1.79. The Morgan fingerprint density at radius 1 is 1.11 bits per heavy atom. The third kappa shape index (κ3) is 3.99. The van der Waals surface area contributed by atoms with Crippen LogP contribution >= 0.6 is 23.2 Å². The summed E-state index contributed by atoms with van der Waals surface area (Å²) in [4.78, 5) is 19.1. The van der Waals surface area contributed by atoms with E-state index in [9.17, 15) is 4.79 Å². The van der Waals surface area contributed by atoms with Gasteiger partial charge in [-0.3, -0.25) is 4.79 Å². The van der Waals surface area contributed by atoms with E-state index in [1.54, 1.807) is 36.4 Å². The number of nitrogens with zero attached hydrogens (tertiary/aromatic N) is 3. The van der Waals surface area contributed by atoms with Crippen LogP contribution in [0.15, 0.2) is 53.1 Å². The summed E-state index contributed by atoms with van der Waals surface area (Å²) in [5.41, 5.74) is 1.44. The first-order valence-corrected chi connectivity index (χ1v) is 9.50. The molecule has 2 aromatic carbocycles. The molecule has 1 amide bonds. The number of hydrogen-bond acceptors (Lipinski definition) is 4. The molecule has 1 fully saturated rings. The Balaban J connectivity index is 1.50. The number of carbonyl (C=O) groups excluding carboxylic acids is 1. The van der Waals surface area contributed by atoms with Crippen molar-refractivity contribution in [3.05, 3.63) is 70.0 Å². The molecule has 1 aliphatic heterocycles. The summed E-state index contributed by atoms with van der Waals surface area (Å²) in [5, 5.41) is 5.31. The Labute approximate surface area is 166 Å². The topological polar surface area (TPSA) is 59.2 Å². The van der Waals surface area contributed by atoms with Crippen LogP contribution in [0.1, 0.15) is 35.0 Å². The fourth-order valence-electron chi connectivity index (χ4n) is 3.28. The summed E-state index contributed by atoms with van der Waals surface area (Å²) in [5.74, 6) is 1.08. The van der Waals surface area contributed by atoms with Gasteiger partial charge >= 0.3 is 0 Å². The molecule has 0 aliphatic carbocycles. The molecule has 7 heteroatoms. The van der Waals surface area contributed by atoms with Gasteiger partial charge in [0.05, 0.1) is 5.92 Å². The quantitative estimate of drug-likeness (QED) is 0.614. The van der Waals surface area contributed by atoms with Crippen LogP contribution in [0.4, 0.5) is 0 Å². The maximum absolute atomic E-state index is 12.8. The van der Waals surface area contributed by atoms with E-state index in [4.69, 9.17) is 27.7 Å². The van der Waals surface area contributed by atoms with Crippen LogP contribution in [-0.4, -0.2) is 34.0 Å². The first-order valence-electron chi connectivity index (χ1n) is 8.74. The second kappa shape index (κ2) is 7.71. The summed E-state index contributed by atoms with van der Waals surface area (Å²) >= 11 is 11.9. The van der Waals surface area contributed by atoms with E-state index in [2.05, 4.69) is 10.1 Å². The van der Waals surface area contributed by atoms with Crippen molar-refractivity contribution in [1.82, 2.24) is 15.0 Å². The number of amides is 1. The smallest absolute Gasteiger partial charge is 0.253 e. The van der Waals surface area contributed by atoms with Crippen molar-refractivity contribution in [2.24, 2.45) is 0 Å². The van der Waals surface area contributed by atoms with Crippen molar-refractivity contribution >= 4 is 29.1 Å². The molecule has 1 atom stereocenters. The second-order valence-corrected chi connectivity index (χ2v) is 7.44. The van der Waals surface area contributed by atoms with Crippen LogP contribution in [0.2, 0.25) is 10.0 Å². The minimum Gasteiger partial charge on any atom is -0.339 e. The van der Waals surface area contributed by atoms with Crippen molar-refractivity contribution in [2.45, 2.75) is 18.8 Å². The highest BCUT2D eigenvalue weighted by Crippen LogP contribution is 2.29. The molecule has 4 rings (SSSR count). The largest absolute Gasteiger partial charge is 0.339 e. The highest BCUT2D eigenvalue weighted by molar-refractivity contribution is 6.31. The lowest BCUT2D eigenvalue weighted by atomic mass is 9.97. The SMILES string of the molecule is O=C(c1ccc(Cl)cc1)N1CCC[C@@H](c2nc(-c3cccc(Cl)c3)no2)C1. The fourth-order valence-corrected chi connectivity index (χ4v) is 3.60. The van der Waals surface area contributed by atoms with Crippen molar-refractivity contribution in [3.8, 4) is 11.4 Å². The zero-order valence-electron chi connectivity index (χ0n) is 14.4. The Hall–Kier alpha value is -2.37. The molecule has 1 saturated heterocycles. The monoisotopic (exact) mass is 401 g/mol. The lowest BCUT2D eigenvalue weighted by Crippen LogP contribution is -2.39. The van der Waals surface area contributed by atoms with E-state index in [1.165, 1.54) is 0 Å². The van der Waals surface area contributed by atoms with Crippen molar-refractivity contribution in [1.29, 1.82) is 0 Å². The first kappa shape index (κ1) is 18.0. The predicted molar refractivity (Wildman–Crippen MR) is 104 cm³/mol. The molecule has 0 unspecified atom stereocenters. The standard InChI is InChI=1S/C20H17Cl2N3O2/c21-16-8-6-13(7-9-16)20(26)25-10-2-4-15(12-25)19-23-18(24-27-19)14-3-1-5-17(22)11-14/h1,3,5-9,11,15H,2,4,10,12H2/t15-/m1/s1. The molecule has 3 aromatic rings. The lowest BCUT2D eigenvalue weighted by Gasteiger charge is -2.31. The Morgan fingerprint density at radius 3 is 2.70 bits per heavy atom. The number of likely N-dealkylation sites (tertiary alicyclic amines) is 1. The molecule has 138 valence electrons. The number of piperidine rings is 1. The molecule has 0 bridgehead atoms. The number of benzene rings is 2. The summed E-state index contributed by atoms with van der Waals surface area (Å²) in [6.45, 7) is 1.27. The van der Waals surface area contributed by atoms with Gasteiger partial charge in [-0.15, -0.1) is 0 Å². The second-order valence-electron chi connectivity index (χ2n) is 6.56. The van der Waals surface area contributed by atoms with Gasteiger partial charge in [0.2, 0.25) is 11.7 Å². The van der Waals surface area contributed by atoms with Crippen LogP contribution in [0.25, 0.3) is 11.4 Å². The highest BCUT2D eigenvalue weighted by Gasteiger charge is 2.29. The molecular formula is C20H17Cl2N3O2. The minimum atomic E-state index is -0.00838. The molecule has 1 aliphatic rings. The maximum Gasteiger partial charge on any atom is 0.253 e. The van der Waals surface area contributed by atoms with Gasteiger partial charge in [-0.25, -0.2) is 0 Å². The van der Waals surface area contributed by atoms with Gasteiger partial charge in [0.1, 0.15) is 0 Å². The van der Waals surface area contributed by atoms with Crippen LogP contribution in [0.5, 0.6) is 0 Å². The average Bonchev–Trinajstić information content (AvgIpc) is 3.18. The third-order valence-corrected chi connectivity index (χ3v) is 5.16. The molecule has 0 radical (unpaired) electrons. The number of hydrogen-bond donors (Lipinski definition) is 0.